The molecule has 144 valence electrons. The van der Waals surface area contributed by atoms with Gasteiger partial charge in [0.2, 0.25) is 0 Å². The van der Waals surface area contributed by atoms with Crippen LogP contribution in [-0.2, 0) is 6.54 Å². The van der Waals surface area contributed by atoms with Crippen LogP contribution in [0, 0.1) is 0 Å². The molecule has 0 saturated heterocycles. The van der Waals surface area contributed by atoms with Gasteiger partial charge >= 0.3 is 0 Å². The van der Waals surface area contributed by atoms with Crippen LogP contribution in [-0.4, -0.2) is 34.1 Å². The van der Waals surface area contributed by atoms with Crippen molar-refractivity contribution in [2.45, 2.75) is 6.54 Å². The number of phenols is 1. The average molecular weight is 419 g/mol. The molecule has 0 unspecified atom stereocenters. The number of hydrogen-bond acceptors (Lipinski definition) is 5. The molecule has 1 amide bonds. The van der Waals surface area contributed by atoms with E-state index in [1.807, 2.05) is 0 Å². The number of ether oxygens (including phenoxy) is 1. The highest BCUT2D eigenvalue weighted by Gasteiger charge is 2.10. The molecule has 1 heterocycles. The number of amides is 1. The Balaban J connectivity index is 1.64. The molecule has 0 aliphatic heterocycles. The molecule has 7 nitrogen and oxygen atoms in total. The third-order valence-corrected chi connectivity index (χ3v) is 4.41. The van der Waals surface area contributed by atoms with Crippen molar-refractivity contribution in [2.24, 2.45) is 5.10 Å². The van der Waals surface area contributed by atoms with Crippen LogP contribution in [0.2, 0.25) is 10.0 Å². The van der Waals surface area contributed by atoms with Crippen molar-refractivity contribution in [1.29, 1.82) is 0 Å². The molecule has 0 fully saturated rings. The summed E-state index contributed by atoms with van der Waals surface area (Å²) in [5.41, 5.74) is 3.79. The van der Waals surface area contributed by atoms with Gasteiger partial charge in [-0.05, 0) is 42.0 Å². The molecule has 0 aliphatic rings. The largest absolute Gasteiger partial charge is 0.507 e. The van der Waals surface area contributed by atoms with E-state index >= 15 is 0 Å². The Labute approximate surface area is 171 Å². The number of nitrogens with zero attached hydrogens (tertiary/aromatic N) is 3. The predicted molar refractivity (Wildman–Crippen MR) is 108 cm³/mol. The van der Waals surface area contributed by atoms with Crippen LogP contribution in [0.5, 0.6) is 11.5 Å². The Kier molecular flexibility index (Phi) is 6.18. The second-order valence-electron chi connectivity index (χ2n) is 5.76. The first-order valence-electron chi connectivity index (χ1n) is 8.14. The minimum Gasteiger partial charge on any atom is -0.507 e. The summed E-state index contributed by atoms with van der Waals surface area (Å²) in [6, 6.07) is 11.4. The summed E-state index contributed by atoms with van der Waals surface area (Å²) in [6.07, 6.45) is 2.98. The van der Waals surface area contributed by atoms with Gasteiger partial charge in [-0.1, -0.05) is 29.3 Å². The van der Waals surface area contributed by atoms with Gasteiger partial charge in [0, 0.05) is 21.8 Å². The van der Waals surface area contributed by atoms with E-state index < -0.39 is 5.91 Å². The van der Waals surface area contributed by atoms with E-state index in [-0.39, 0.29) is 11.4 Å². The predicted octanol–water partition coefficient (Wildman–Crippen LogP) is 3.72. The van der Waals surface area contributed by atoms with Crippen LogP contribution in [0.4, 0.5) is 0 Å². The van der Waals surface area contributed by atoms with Crippen molar-refractivity contribution in [1.82, 2.24) is 15.2 Å². The average Bonchev–Trinajstić information content (AvgIpc) is 3.14. The molecule has 28 heavy (non-hydrogen) atoms. The number of methoxy groups -OCH3 is 1. The smallest absolute Gasteiger partial charge is 0.291 e. The SMILES string of the molecule is COc1ccc(O)c(/C=N/NC(=O)c2ccn(Cc3ccc(Cl)cc3Cl)n2)c1. The van der Waals surface area contributed by atoms with Gasteiger partial charge in [0.25, 0.3) is 5.91 Å². The van der Waals surface area contributed by atoms with Crippen LogP contribution >= 0.6 is 23.2 Å². The van der Waals surface area contributed by atoms with Gasteiger partial charge in [-0.15, -0.1) is 0 Å². The van der Waals surface area contributed by atoms with E-state index in [0.29, 0.717) is 27.9 Å². The maximum atomic E-state index is 12.2. The summed E-state index contributed by atoms with van der Waals surface area (Å²) >= 11 is 12.0. The second kappa shape index (κ2) is 8.77. The molecule has 1 aromatic heterocycles. The van der Waals surface area contributed by atoms with Crippen molar-refractivity contribution in [2.75, 3.05) is 7.11 Å². The highest BCUT2D eigenvalue weighted by molar-refractivity contribution is 6.35. The Morgan fingerprint density at radius 2 is 2.11 bits per heavy atom. The summed E-state index contributed by atoms with van der Waals surface area (Å²) in [6.45, 7) is 0.393. The topological polar surface area (TPSA) is 88.7 Å². The number of carbonyl (C=O) groups is 1. The Hall–Kier alpha value is -3.03. The molecular weight excluding hydrogens is 403 g/mol. The van der Waals surface area contributed by atoms with Gasteiger partial charge < -0.3 is 9.84 Å². The van der Waals surface area contributed by atoms with Gasteiger partial charge in [-0.3, -0.25) is 9.48 Å². The fourth-order valence-corrected chi connectivity index (χ4v) is 2.84. The molecule has 0 radical (unpaired) electrons. The summed E-state index contributed by atoms with van der Waals surface area (Å²) in [5.74, 6) is 0.0905. The number of benzene rings is 2. The number of phenolic OH excluding ortho intramolecular Hbond substituents is 1. The van der Waals surface area contributed by atoms with E-state index in [2.05, 4.69) is 15.6 Å². The lowest BCUT2D eigenvalue weighted by atomic mass is 10.2. The molecule has 0 bridgehead atoms. The van der Waals surface area contributed by atoms with E-state index in [1.165, 1.54) is 19.4 Å². The molecule has 0 aliphatic carbocycles. The van der Waals surface area contributed by atoms with Gasteiger partial charge in [0.1, 0.15) is 11.5 Å². The molecular formula is C19H16Cl2N4O3. The summed E-state index contributed by atoms with van der Waals surface area (Å²) < 4.78 is 6.67. The maximum absolute atomic E-state index is 12.2. The van der Waals surface area contributed by atoms with Crippen molar-refractivity contribution < 1.29 is 14.6 Å². The van der Waals surface area contributed by atoms with Crippen molar-refractivity contribution >= 4 is 35.3 Å². The van der Waals surface area contributed by atoms with E-state index in [9.17, 15) is 9.90 Å². The third kappa shape index (κ3) is 4.82. The minimum atomic E-state index is -0.486. The molecule has 0 spiro atoms. The summed E-state index contributed by atoms with van der Waals surface area (Å²) in [4.78, 5) is 12.2. The molecule has 0 saturated carbocycles. The number of aromatic hydroxyl groups is 1. The Bertz CT molecular complexity index is 1030. The zero-order valence-electron chi connectivity index (χ0n) is 14.8. The fraction of sp³-hybridized carbons (Fsp3) is 0.105. The van der Waals surface area contributed by atoms with Crippen molar-refractivity contribution in [3.8, 4) is 11.5 Å². The molecule has 3 rings (SSSR count). The van der Waals surface area contributed by atoms with E-state index in [0.717, 1.165) is 5.56 Å². The normalized spacial score (nSPS) is 11.0. The van der Waals surface area contributed by atoms with Crippen molar-refractivity contribution in [3.05, 3.63) is 75.5 Å². The Morgan fingerprint density at radius 3 is 2.86 bits per heavy atom. The Morgan fingerprint density at radius 1 is 1.29 bits per heavy atom. The van der Waals surface area contributed by atoms with Crippen LogP contribution in [0.15, 0.2) is 53.8 Å². The number of nitrogens with one attached hydrogen (secondary N) is 1. The lowest BCUT2D eigenvalue weighted by molar-refractivity contribution is 0.0949. The number of hydrazone groups is 1. The van der Waals surface area contributed by atoms with Crippen LogP contribution < -0.4 is 10.2 Å². The molecule has 2 aromatic carbocycles. The zero-order chi connectivity index (χ0) is 20.1. The summed E-state index contributed by atoms with van der Waals surface area (Å²) in [7, 11) is 1.52. The number of aromatic nitrogens is 2. The fourth-order valence-electron chi connectivity index (χ4n) is 2.38. The first-order valence-corrected chi connectivity index (χ1v) is 8.89. The quantitative estimate of drug-likeness (QED) is 0.471. The number of hydrogen-bond donors (Lipinski definition) is 2. The number of carbonyl (C=O) groups excluding carboxylic acids is 1. The van der Waals surface area contributed by atoms with Crippen LogP contribution in [0.3, 0.4) is 0 Å². The lowest BCUT2D eigenvalue weighted by Crippen LogP contribution is -2.18. The van der Waals surface area contributed by atoms with Gasteiger partial charge in [-0.2, -0.15) is 10.2 Å². The second-order valence-corrected chi connectivity index (χ2v) is 6.60. The highest BCUT2D eigenvalue weighted by atomic mass is 35.5. The standard InChI is InChI=1S/C19H16Cl2N4O3/c1-28-15-4-5-18(26)13(8-15)10-22-23-19(27)17-6-7-25(24-17)11-12-2-3-14(20)9-16(12)21/h2-10,26H,11H2,1H3,(H,23,27)/b22-10+. The first kappa shape index (κ1) is 19.7. The van der Waals surface area contributed by atoms with Gasteiger partial charge in [-0.25, -0.2) is 5.43 Å². The summed E-state index contributed by atoms with van der Waals surface area (Å²) in [5, 5.41) is 18.9. The number of rotatable bonds is 6. The van der Waals surface area contributed by atoms with E-state index in [4.69, 9.17) is 27.9 Å². The van der Waals surface area contributed by atoms with Gasteiger partial charge in [0.15, 0.2) is 5.69 Å². The first-order chi connectivity index (χ1) is 13.5. The van der Waals surface area contributed by atoms with Gasteiger partial charge in [0.05, 0.1) is 19.9 Å². The molecule has 9 heteroatoms. The zero-order valence-corrected chi connectivity index (χ0v) is 16.3. The minimum absolute atomic E-state index is 0.0166. The molecule has 0 atom stereocenters. The van der Waals surface area contributed by atoms with E-state index in [1.54, 1.807) is 47.3 Å². The van der Waals surface area contributed by atoms with Crippen LogP contribution in [0.25, 0.3) is 0 Å². The van der Waals surface area contributed by atoms with Crippen LogP contribution in [0.1, 0.15) is 21.6 Å². The highest BCUT2D eigenvalue weighted by Crippen LogP contribution is 2.22. The maximum Gasteiger partial charge on any atom is 0.291 e. The molecule has 3 aromatic rings. The third-order valence-electron chi connectivity index (χ3n) is 3.83. The van der Waals surface area contributed by atoms with Crippen molar-refractivity contribution in [3.63, 3.8) is 0 Å². The molecule has 2 N–H and O–H groups in total. The lowest BCUT2D eigenvalue weighted by Gasteiger charge is -2.05. The number of halogens is 2. The monoisotopic (exact) mass is 418 g/mol.